The molecular formula is C20H16F2N6. The van der Waals surface area contributed by atoms with Crippen molar-refractivity contribution in [2.45, 2.75) is 18.4 Å². The predicted octanol–water partition coefficient (Wildman–Crippen LogP) is 3.74. The number of halogens is 2. The molecule has 28 heavy (non-hydrogen) atoms. The summed E-state index contributed by atoms with van der Waals surface area (Å²) in [6, 6.07) is 9.16. The number of nitrogens with one attached hydrogen (secondary N) is 2. The molecule has 2 aromatic heterocycles. The van der Waals surface area contributed by atoms with Gasteiger partial charge in [0.25, 0.3) is 0 Å². The molecule has 2 heterocycles. The Labute approximate surface area is 158 Å². The number of benzene rings is 2. The van der Waals surface area contributed by atoms with Gasteiger partial charge in [0.1, 0.15) is 17.5 Å². The van der Waals surface area contributed by atoms with Crippen LogP contribution in [-0.4, -0.2) is 25.4 Å². The average Bonchev–Trinajstić information content (AvgIpc) is 3.09. The molecule has 1 saturated carbocycles. The molecule has 0 aliphatic heterocycles. The molecule has 0 radical (unpaired) electrons. The van der Waals surface area contributed by atoms with Crippen molar-refractivity contribution >= 4 is 23.1 Å². The third-order valence-corrected chi connectivity index (χ3v) is 4.97. The Bertz CT molecular complexity index is 1200. The zero-order chi connectivity index (χ0) is 19.3. The molecule has 4 aromatic rings. The van der Waals surface area contributed by atoms with E-state index in [2.05, 4.69) is 25.4 Å². The van der Waals surface area contributed by atoms with Gasteiger partial charge >= 0.3 is 0 Å². The van der Waals surface area contributed by atoms with Gasteiger partial charge in [-0.25, -0.2) is 13.8 Å². The highest BCUT2D eigenvalue weighted by Gasteiger charge is 2.43. The Balaban J connectivity index is 1.53. The predicted molar refractivity (Wildman–Crippen MR) is 102 cm³/mol. The summed E-state index contributed by atoms with van der Waals surface area (Å²) in [4.78, 5) is 4.38. The molecular weight excluding hydrogens is 362 g/mol. The van der Waals surface area contributed by atoms with E-state index in [1.54, 1.807) is 24.3 Å². The quantitative estimate of drug-likeness (QED) is 0.504. The van der Waals surface area contributed by atoms with Crippen LogP contribution >= 0.6 is 0 Å². The van der Waals surface area contributed by atoms with Crippen molar-refractivity contribution < 1.29 is 8.78 Å². The van der Waals surface area contributed by atoms with E-state index in [9.17, 15) is 8.78 Å². The standard InChI is InChI=1S/C20H16F2N6/c21-12-4-1-11(2-5-12)3-6-16-14-9-13(15(22)10-17(14)26-25-16)18-24-19(28-27-18)20(23)7-8-20/h1-6,9-10H,7-8,23H2,(H,25,26)(H,24,27,28). The largest absolute Gasteiger partial charge is 0.319 e. The van der Waals surface area contributed by atoms with Gasteiger partial charge in [0.15, 0.2) is 5.82 Å². The van der Waals surface area contributed by atoms with E-state index >= 15 is 0 Å². The van der Waals surface area contributed by atoms with Crippen LogP contribution in [0, 0.1) is 11.6 Å². The molecule has 1 fully saturated rings. The molecule has 2 aromatic carbocycles. The number of aromatic amines is 2. The van der Waals surface area contributed by atoms with Crippen molar-refractivity contribution in [1.29, 1.82) is 0 Å². The molecule has 0 amide bonds. The van der Waals surface area contributed by atoms with Gasteiger partial charge in [0.05, 0.1) is 22.3 Å². The molecule has 5 rings (SSSR count). The van der Waals surface area contributed by atoms with Gasteiger partial charge in [-0.05, 0) is 42.7 Å². The van der Waals surface area contributed by atoms with Crippen LogP contribution in [0.5, 0.6) is 0 Å². The number of hydrogen-bond acceptors (Lipinski definition) is 4. The Morgan fingerprint density at radius 3 is 2.54 bits per heavy atom. The molecule has 8 heteroatoms. The van der Waals surface area contributed by atoms with Gasteiger partial charge in [0.2, 0.25) is 0 Å². The minimum atomic E-state index is -0.468. The summed E-state index contributed by atoms with van der Waals surface area (Å²) in [6.07, 6.45) is 5.27. The normalized spacial score (nSPS) is 15.5. The number of nitrogens with two attached hydrogens (primary N) is 1. The second-order valence-corrected chi connectivity index (χ2v) is 7.04. The van der Waals surface area contributed by atoms with Crippen LogP contribution in [0.25, 0.3) is 34.4 Å². The number of fused-ring (bicyclic) bond motifs is 1. The lowest BCUT2D eigenvalue weighted by atomic mass is 10.1. The van der Waals surface area contributed by atoms with Gasteiger partial charge < -0.3 is 5.73 Å². The van der Waals surface area contributed by atoms with E-state index in [0.29, 0.717) is 17.0 Å². The van der Waals surface area contributed by atoms with Crippen molar-refractivity contribution in [3.05, 3.63) is 65.1 Å². The topological polar surface area (TPSA) is 96.3 Å². The van der Waals surface area contributed by atoms with Crippen LogP contribution in [0.2, 0.25) is 0 Å². The van der Waals surface area contributed by atoms with Crippen molar-refractivity contribution in [3.63, 3.8) is 0 Å². The van der Waals surface area contributed by atoms with E-state index in [4.69, 9.17) is 5.73 Å². The first-order valence-electron chi connectivity index (χ1n) is 8.85. The Morgan fingerprint density at radius 1 is 1.00 bits per heavy atom. The van der Waals surface area contributed by atoms with E-state index < -0.39 is 11.4 Å². The lowest BCUT2D eigenvalue weighted by molar-refractivity contribution is 0.627. The van der Waals surface area contributed by atoms with Crippen LogP contribution in [0.4, 0.5) is 8.78 Å². The molecule has 1 aliphatic rings. The second kappa shape index (κ2) is 6.07. The maximum atomic E-state index is 14.6. The minimum absolute atomic E-state index is 0.265. The molecule has 0 atom stereocenters. The Kier molecular flexibility index (Phi) is 3.63. The zero-order valence-corrected chi connectivity index (χ0v) is 14.7. The third kappa shape index (κ3) is 2.87. The van der Waals surface area contributed by atoms with Gasteiger partial charge in [-0.15, -0.1) is 0 Å². The summed E-state index contributed by atoms with van der Waals surface area (Å²) in [5.41, 5.74) is 7.96. The molecule has 1 aliphatic carbocycles. The van der Waals surface area contributed by atoms with E-state index in [1.165, 1.54) is 18.2 Å². The Morgan fingerprint density at radius 2 is 1.79 bits per heavy atom. The number of nitrogens with zero attached hydrogens (tertiary/aromatic N) is 3. The highest BCUT2D eigenvalue weighted by molar-refractivity contribution is 5.92. The highest BCUT2D eigenvalue weighted by Crippen LogP contribution is 2.41. The highest BCUT2D eigenvalue weighted by atomic mass is 19.1. The molecule has 6 nitrogen and oxygen atoms in total. The van der Waals surface area contributed by atoms with Crippen LogP contribution < -0.4 is 5.73 Å². The smallest absolute Gasteiger partial charge is 0.184 e. The molecule has 140 valence electrons. The Hall–Kier alpha value is -3.39. The number of rotatable bonds is 4. The van der Waals surface area contributed by atoms with Gasteiger partial charge in [-0.1, -0.05) is 18.2 Å². The van der Waals surface area contributed by atoms with Crippen LogP contribution in [0.1, 0.15) is 29.9 Å². The fourth-order valence-corrected chi connectivity index (χ4v) is 3.08. The number of hydrogen-bond donors (Lipinski definition) is 3. The maximum absolute atomic E-state index is 14.6. The maximum Gasteiger partial charge on any atom is 0.184 e. The van der Waals surface area contributed by atoms with Gasteiger partial charge in [-0.3, -0.25) is 10.2 Å². The summed E-state index contributed by atoms with van der Waals surface area (Å²) in [6.45, 7) is 0. The van der Waals surface area contributed by atoms with Crippen LogP contribution in [0.15, 0.2) is 36.4 Å². The van der Waals surface area contributed by atoms with Gasteiger partial charge in [-0.2, -0.15) is 10.2 Å². The summed E-state index contributed by atoms with van der Waals surface area (Å²) < 4.78 is 27.6. The van der Waals surface area contributed by atoms with Crippen molar-refractivity contribution in [2.24, 2.45) is 5.73 Å². The fourth-order valence-electron chi connectivity index (χ4n) is 3.08. The average molecular weight is 378 g/mol. The fraction of sp³-hybridized carbons (Fsp3) is 0.150. The summed E-state index contributed by atoms with van der Waals surface area (Å²) in [5.74, 6) is 0.0999. The van der Waals surface area contributed by atoms with Crippen molar-refractivity contribution in [2.75, 3.05) is 0 Å². The molecule has 0 spiro atoms. The second-order valence-electron chi connectivity index (χ2n) is 7.04. The third-order valence-electron chi connectivity index (χ3n) is 4.97. The lowest BCUT2D eigenvalue weighted by Crippen LogP contribution is -2.20. The van der Waals surface area contributed by atoms with E-state index in [1.807, 2.05) is 6.08 Å². The summed E-state index contributed by atoms with van der Waals surface area (Å²) >= 11 is 0. The first kappa shape index (κ1) is 16.8. The SMILES string of the molecule is NC1(c2nc(-c3cc4c(C=Cc5ccc(F)cc5)n[nH]c4cc3F)n[nH]2)CC1. The molecule has 0 bridgehead atoms. The summed E-state index contributed by atoms with van der Waals surface area (Å²) in [5, 5.41) is 14.7. The van der Waals surface area contributed by atoms with Crippen LogP contribution in [-0.2, 0) is 5.54 Å². The first-order chi connectivity index (χ1) is 13.5. The van der Waals surface area contributed by atoms with E-state index in [-0.39, 0.29) is 17.2 Å². The van der Waals surface area contributed by atoms with Crippen molar-refractivity contribution in [1.82, 2.24) is 25.4 Å². The first-order valence-corrected chi connectivity index (χ1v) is 8.85. The monoisotopic (exact) mass is 378 g/mol. The number of aromatic nitrogens is 5. The molecule has 0 saturated heterocycles. The zero-order valence-electron chi connectivity index (χ0n) is 14.7. The van der Waals surface area contributed by atoms with Crippen molar-refractivity contribution in [3.8, 4) is 11.4 Å². The van der Waals surface area contributed by atoms with Crippen LogP contribution in [0.3, 0.4) is 0 Å². The molecule has 0 unspecified atom stereocenters. The van der Waals surface area contributed by atoms with Gasteiger partial charge in [0, 0.05) is 11.5 Å². The lowest BCUT2D eigenvalue weighted by Gasteiger charge is -2.02. The summed E-state index contributed by atoms with van der Waals surface area (Å²) in [7, 11) is 0. The van der Waals surface area contributed by atoms with E-state index in [0.717, 1.165) is 23.8 Å². The minimum Gasteiger partial charge on any atom is -0.319 e. The number of H-pyrrole nitrogens is 2. The molecule has 4 N–H and O–H groups in total.